The van der Waals surface area contributed by atoms with Crippen molar-refractivity contribution in [3.63, 3.8) is 0 Å². The summed E-state index contributed by atoms with van der Waals surface area (Å²) in [4.78, 5) is 28.2. The van der Waals surface area contributed by atoms with Crippen molar-refractivity contribution >= 4 is 16.9 Å². The summed E-state index contributed by atoms with van der Waals surface area (Å²) in [6.07, 6.45) is 0. The molecule has 1 atom stereocenters. The number of nitriles is 1. The fourth-order valence-electron chi connectivity index (χ4n) is 3.28. The lowest BCUT2D eigenvalue weighted by Crippen LogP contribution is -2.29. The number of aromatic amines is 1. The Balaban J connectivity index is 2.30. The quantitative estimate of drug-likeness (QED) is 0.807. The van der Waals surface area contributed by atoms with E-state index in [0.29, 0.717) is 5.52 Å². The van der Waals surface area contributed by atoms with E-state index in [9.17, 15) is 14.9 Å². The minimum atomic E-state index is -0.962. The van der Waals surface area contributed by atoms with E-state index < -0.39 is 17.4 Å². The molecule has 138 valence electrons. The number of esters is 1. The van der Waals surface area contributed by atoms with Crippen LogP contribution < -0.4 is 11.3 Å². The minimum absolute atomic E-state index is 0.00107. The summed E-state index contributed by atoms with van der Waals surface area (Å²) >= 11 is 0. The van der Waals surface area contributed by atoms with Crippen molar-refractivity contribution in [2.24, 2.45) is 5.73 Å². The third kappa shape index (κ3) is 3.06. The third-order valence-corrected chi connectivity index (χ3v) is 4.53. The van der Waals surface area contributed by atoms with Gasteiger partial charge in [-0.05, 0) is 37.8 Å². The smallest absolute Gasteiger partial charge is 0.338 e. The molecule has 0 fully saturated rings. The second kappa shape index (κ2) is 7.00. The molecule has 27 heavy (non-hydrogen) atoms. The van der Waals surface area contributed by atoms with E-state index in [4.69, 9.17) is 15.2 Å². The Kier molecular flexibility index (Phi) is 4.74. The number of pyridine rings is 1. The Labute approximate surface area is 155 Å². The number of carbonyl (C=O) groups excluding carboxylic acids is 1. The van der Waals surface area contributed by atoms with Gasteiger partial charge in [0.1, 0.15) is 17.4 Å². The molecule has 1 aromatic carbocycles. The number of carbonyl (C=O) groups is 1. The fourth-order valence-corrected chi connectivity index (χ4v) is 3.28. The topological polar surface area (TPSA) is 118 Å². The highest BCUT2D eigenvalue weighted by atomic mass is 16.5. The fraction of sp³-hybridized carbons (Fsp3) is 0.250. The van der Waals surface area contributed by atoms with Crippen LogP contribution in [0.1, 0.15) is 30.9 Å². The van der Waals surface area contributed by atoms with Gasteiger partial charge >= 0.3 is 5.97 Å². The number of hydrogen-bond acceptors (Lipinski definition) is 6. The Morgan fingerprint density at radius 1 is 1.41 bits per heavy atom. The largest absolute Gasteiger partial charge is 0.463 e. The maximum absolute atomic E-state index is 12.8. The molecule has 0 bridgehead atoms. The van der Waals surface area contributed by atoms with Crippen molar-refractivity contribution in [2.45, 2.75) is 26.7 Å². The number of aromatic nitrogens is 1. The van der Waals surface area contributed by atoms with Gasteiger partial charge in [-0.15, -0.1) is 0 Å². The normalized spacial score (nSPS) is 16.9. The monoisotopic (exact) mass is 365 g/mol. The molecule has 0 amide bonds. The highest BCUT2D eigenvalue weighted by Gasteiger charge is 2.37. The van der Waals surface area contributed by atoms with E-state index in [0.717, 1.165) is 10.9 Å². The number of nitrogens with one attached hydrogen (secondary N) is 1. The van der Waals surface area contributed by atoms with Crippen molar-refractivity contribution in [3.8, 4) is 6.07 Å². The lowest BCUT2D eigenvalue weighted by Gasteiger charge is -2.26. The molecule has 0 spiro atoms. The predicted molar refractivity (Wildman–Crippen MR) is 99.3 cm³/mol. The van der Waals surface area contributed by atoms with Gasteiger partial charge in [-0.2, -0.15) is 5.26 Å². The van der Waals surface area contributed by atoms with Crippen molar-refractivity contribution in [2.75, 3.05) is 6.61 Å². The number of allylic oxidation sites excluding steroid dienone is 2. The highest BCUT2D eigenvalue weighted by molar-refractivity contribution is 5.93. The summed E-state index contributed by atoms with van der Waals surface area (Å²) in [5.74, 6) is -1.53. The van der Waals surface area contributed by atoms with Gasteiger partial charge in [0.25, 0.3) is 5.56 Å². The molecule has 1 aliphatic heterocycles. The van der Waals surface area contributed by atoms with Gasteiger partial charge in [0.05, 0.1) is 23.6 Å². The first-order valence-electron chi connectivity index (χ1n) is 8.47. The number of aryl methyl sites for hydroxylation is 1. The van der Waals surface area contributed by atoms with Gasteiger partial charge in [0, 0.05) is 5.56 Å². The molecule has 2 heterocycles. The van der Waals surface area contributed by atoms with Gasteiger partial charge in [-0.1, -0.05) is 18.2 Å². The van der Waals surface area contributed by atoms with Crippen LogP contribution in [0.4, 0.5) is 0 Å². The van der Waals surface area contributed by atoms with Gasteiger partial charge in [0.15, 0.2) is 0 Å². The van der Waals surface area contributed by atoms with Crippen molar-refractivity contribution in [1.29, 1.82) is 5.26 Å². The Bertz CT molecular complexity index is 1100. The van der Waals surface area contributed by atoms with Gasteiger partial charge in [0.2, 0.25) is 5.88 Å². The molecule has 0 aliphatic carbocycles. The van der Waals surface area contributed by atoms with E-state index >= 15 is 0 Å². The molecule has 3 rings (SSSR count). The van der Waals surface area contributed by atoms with Crippen LogP contribution in [0, 0.1) is 18.3 Å². The first-order valence-corrected chi connectivity index (χ1v) is 8.47. The zero-order valence-corrected chi connectivity index (χ0v) is 15.3. The number of para-hydroxylation sites is 1. The van der Waals surface area contributed by atoms with Crippen LogP contribution in [0.15, 0.2) is 51.8 Å². The lowest BCUT2D eigenvalue weighted by atomic mass is 9.83. The van der Waals surface area contributed by atoms with E-state index in [1.807, 2.05) is 31.2 Å². The second-order valence-corrected chi connectivity index (χ2v) is 6.21. The number of benzene rings is 1. The van der Waals surface area contributed by atoms with E-state index in [-0.39, 0.29) is 35.0 Å². The number of hydrogen-bond donors (Lipinski definition) is 2. The lowest BCUT2D eigenvalue weighted by molar-refractivity contribution is -0.139. The summed E-state index contributed by atoms with van der Waals surface area (Å²) in [7, 11) is 0. The molecule has 7 nitrogen and oxygen atoms in total. The molecule has 0 saturated heterocycles. The average Bonchev–Trinajstić information content (AvgIpc) is 2.61. The molecule has 3 N–H and O–H groups in total. The molecule has 0 saturated carbocycles. The summed E-state index contributed by atoms with van der Waals surface area (Å²) < 4.78 is 10.5. The van der Waals surface area contributed by atoms with Crippen LogP contribution >= 0.6 is 0 Å². The van der Waals surface area contributed by atoms with E-state index in [1.54, 1.807) is 19.9 Å². The molecule has 0 radical (unpaired) electrons. The molecular formula is C20H19N3O4. The predicted octanol–water partition coefficient (Wildman–Crippen LogP) is 2.48. The Hall–Kier alpha value is -3.53. The van der Waals surface area contributed by atoms with Crippen LogP contribution in [-0.4, -0.2) is 17.6 Å². The van der Waals surface area contributed by atoms with Crippen LogP contribution in [0.25, 0.3) is 10.9 Å². The second-order valence-electron chi connectivity index (χ2n) is 6.21. The molecular weight excluding hydrogens is 346 g/mol. The van der Waals surface area contributed by atoms with Gasteiger partial charge in [-0.3, -0.25) is 4.79 Å². The standard InChI is InChI=1S/C20H19N3O4/c1-4-26-20(25)15-11(3)27-18(22)14(9-21)16(15)13-8-12-7-5-6-10(2)17(12)23-19(13)24/h5-8,16H,4,22H2,1-3H3,(H,23,24). The SMILES string of the molecule is CCOC(=O)C1=C(C)OC(N)=C(C#N)C1c1cc2cccc(C)c2[nH]c1=O. The molecule has 1 unspecified atom stereocenters. The van der Waals surface area contributed by atoms with E-state index in [1.165, 1.54) is 0 Å². The summed E-state index contributed by atoms with van der Waals surface area (Å²) in [6, 6.07) is 9.25. The summed E-state index contributed by atoms with van der Waals surface area (Å²) in [5.41, 5.74) is 7.41. The van der Waals surface area contributed by atoms with Gasteiger partial charge in [-0.25, -0.2) is 4.79 Å². The highest BCUT2D eigenvalue weighted by Crippen LogP contribution is 2.38. The van der Waals surface area contributed by atoms with Crippen LogP contribution in [0.2, 0.25) is 0 Å². The van der Waals surface area contributed by atoms with E-state index in [2.05, 4.69) is 4.98 Å². The van der Waals surface area contributed by atoms with Crippen molar-refractivity contribution < 1.29 is 14.3 Å². The van der Waals surface area contributed by atoms with Gasteiger partial charge < -0.3 is 20.2 Å². The molecule has 1 aromatic heterocycles. The Morgan fingerprint density at radius 3 is 2.81 bits per heavy atom. The van der Waals surface area contributed by atoms with Crippen LogP contribution in [0.3, 0.4) is 0 Å². The number of fused-ring (bicyclic) bond motifs is 1. The number of rotatable bonds is 3. The summed E-state index contributed by atoms with van der Waals surface area (Å²) in [6.45, 7) is 5.27. The third-order valence-electron chi connectivity index (χ3n) is 4.53. The van der Waals surface area contributed by atoms with Crippen molar-refractivity contribution in [1.82, 2.24) is 4.98 Å². The zero-order valence-electron chi connectivity index (χ0n) is 15.3. The Morgan fingerprint density at radius 2 is 2.15 bits per heavy atom. The number of H-pyrrole nitrogens is 1. The minimum Gasteiger partial charge on any atom is -0.463 e. The zero-order chi connectivity index (χ0) is 19.7. The maximum atomic E-state index is 12.8. The van der Waals surface area contributed by atoms with Crippen LogP contribution in [0.5, 0.6) is 0 Å². The first-order chi connectivity index (χ1) is 12.9. The van der Waals surface area contributed by atoms with Crippen molar-refractivity contribution in [3.05, 3.63) is 68.5 Å². The number of nitrogens with zero attached hydrogens (tertiary/aromatic N) is 1. The number of ether oxygens (including phenoxy) is 2. The molecule has 1 aliphatic rings. The summed E-state index contributed by atoms with van der Waals surface area (Å²) in [5, 5.41) is 10.4. The number of nitrogens with two attached hydrogens (primary N) is 1. The average molecular weight is 365 g/mol. The first kappa shape index (κ1) is 18.3. The van der Waals surface area contributed by atoms with Crippen LogP contribution in [-0.2, 0) is 14.3 Å². The molecule has 7 heteroatoms. The molecule has 2 aromatic rings. The maximum Gasteiger partial charge on any atom is 0.338 e.